The molecule has 0 radical (unpaired) electrons. The van der Waals surface area contributed by atoms with Crippen LogP contribution in [0.1, 0.15) is 37.0 Å². The lowest BCUT2D eigenvalue weighted by molar-refractivity contribution is -0.142. The summed E-state index contributed by atoms with van der Waals surface area (Å²) in [7, 11) is 0. The van der Waals surface area contributed by atoms with Crippen LogP contribution in [0.5, 0.6) is 0 Å². The fraction of sp³-hybridized carbons (Fsp3) is 0.364. The van der Waals surface area contributed by atoms with Crippen molar-refractivity contribution in [3.05, 3.63) is 59.2 Å². The predicted octanol–water partition coefficient (Wildman–Crippen LogP) is 3.14. The van der Waals surface area contributed by atoms with E-state index < -0.39 is 11.4 Å². The summed E-state index contributed by atoms with van der Waals surface area (Å²) in [4.78, 5) is 11.4. The maximum atomic E-state index is 11.4. The highest BCUT2D eigenvalue weighted by atomic mass is 16.4. The van der Waals surface area contributed by atoms with Gasteiger partial charge >= 0.3 is 5.97 Å². The van der Waals surface area contributed by atoms with E-state index in [4.69, 9.17) is 11.0 Å². The number of anilines is 2. The van der Waals surface area contributed by atoms with Crippen molar-refractivity contribution < 1.29 is 9.90 Å². The van der Waals surface area contributed by atoms with E-state index in [1.807, 2.05) is 36.4 Å². The third-order valence-electron chi connectivity index (χ3n) is 4.85. The Bertz CT molecular complexity index is 856. The van der Waals surface area contributed by atoms with Crippen LogP contribution in [0.25, 0.3) is 0 Å². The molecule has 6 nitrogen and oxygen atoms in total. The molecule has 0 aliphatic heterocycles. The number of nitriles is 1. The molecular formula is C22H28N4O2. The molecule has 0 unspecified atom stereocenters. The third kappa shape index (κ3) is 5.48. The molecule has 6 heteroatoms. The summed E-state index contributed by atoms with van der Waals surface area (Å²) in [5.74, 6) is -0.823. The van der Waals surface area contributed by atoms with Gasteiger partial charge in [-0.2, -0.15) is 5.26 Å². The summed E-state index contributed by atoms with van der Waals surface area (Å²) in [6, 6.07) is 15.2. The quantitative estimate of drug-likeness (QED) is 0.372. The first kappa shape index (κ1) is 21.3. The molecule has 5 N–H and O–H groups in total. The Kier molecular flexibility index (Phi) is 7.42. The zero-order chi connectivity index (χ0) is 20.6. The van der Waals surface area contributed by atoms with E-state index in [1.165, 1.54) is 0 Å². The number of nitrogens with one attached hydrogen (secondary N) is 2. The first-order valence-corrected chi connectivity index (χ1v) is 9.42. The van der Waals surface area contributed by atoms with Crippen molar-refractivity contribution in [2.75, 3.05) is 30.7 Å². The molecule has 0 heterocycles. The van der Waals surface area contributed by atoms with E-state index in [0.717, 1.165) is 49.3 Å². The first-order chi connectivity index (χ1) is 13.4. The molecule has 0 aromatic heterocycles. The highest BCUT2D eigenvalue weighted by molar-refractivity contribution is 5.80. The van der Waals surface area contributed by atoms with Crippen LogP contribution in [0.4, 0.5) is 11.4 Å². The largest absolute Gasteiger partial charge is 0.481 e. The molecule has 2 aromatic carbocycles. The Hall–Kier alpha value is -3.04. The average molecular weight is 380 g/mol. The molecule has 0 aliphatic carbocycles. The topological polar surface area (TPSA) is 111 Å². The molecule has 0 spiro atoms. The number of hydrogen-bond acceptors (Lipinski definition) is 5. The minimum atomic E-state index is -0.889. The summed E-state index contributed by atoms with van der Waals surface area (Å²) >= 11 is 0. The molecule has 0 fully saturated rings. The fourth-order valence-corrected chi connectivity index (χ4v) is 2.85. The Morgan fingerprint density at radius 3 is 2.64 bits per heavy atom. The van der Waals surface area contributed by atoms with Crippen LogP contribution in [0.3, 0.4) is 0 Å². The van der Waals surface area contributed by atoms with Crippen molar-refractivity contribution in [2.24, 2.45) is 0 Å². The van der Waals surface area contributed by atoms with Crippen LogP contribution < -0.4 is 16.4 Å². The van der Waals surface area contributed by atoms with Gasteiger partial charge in [-0.05, 0) is 63.0 Å². The van der Waals surface area contributed by atoms with E-state index in [-0.39, 0.29) is 0 Å². The van der Waals surface area contributed by atoms with Gasteiger partial charge in [-0.25, -0.2) is 0 Å². The van der Waals surface area contributed by atoms with Crippen LogP contribution in [0.2, 0.25) is 0 Å². The minimum absolute atomic E-state index is 0.483. The monoisotopic (exact) mass is 380 g/mol. The number of nitrogens with two attached hydrogens (primary N) is 1. The standard InChI is InChI=1S/C22H28N4O2/c1-22(2,21(27)28)18-8-3-6-16(14-18)10-13-25-11-5-12-26-19-9-4-7-17(15-23)20(19)24/h3-4,6-9,14,25-26H,5,10-13,24H2,1-2H3,(H,27,28). The van der Waals surface area contributed by atoms with E-state index in [0.29, 0.717) is 11.3 Å². The molecule has 0 amide bonds. The number of aliphatic carboxylic acids is 1. The normalized spacial score (nSPS) is 11.0. The van der Waals surface area contributed by atoms with Gasteiger partial charge in [-0.15, -0.1) is 0 Å². The summed E-state index contributed by atoms with van der Waals surface area (Å²) in [6.07, 6.45) is 1.76. The molecule has 148 valence electrons. The third-order valence-corrected chi connectivity index (χ3v) is 4.85. The highest BCUT2D eigenvalue weighted by Crippen LogP contribution is 2.24. The zero-order valence-electron chi connectivity index (χ0n) is 16.5. The number of carboxylic acids is 1. The molecule has 0 bridgehead atoms. The second-order valence-corrected chi connectivity index (χ2v) is 7.29. The van der Waals surface area contributed by atoms with Crippen molar-refractivity contribution in [1.82, 2.24) is 5.32 Å². The summed E-state index contributed by atoms with van der Waals surface area (Å²) in [5.41, 5.74) is 8.76. The first-order valence-electron chi connectivity index (χ1n) is 9.42. The second kappa shape index (κ2) is 9.77. The van der Waals surface area contributed by atoms with Gasteiger partial charge in [0.05, 0.1) is 22.4 Å². The van der Waals surface area contributed by atoms with Crippen molar-refractivity contribution in [1.29, 1.82) is 5.26 Å². The summed E-state index contributed by atoms with van der Waals surface area (Å²) < 4.78 is 0. The van der Waals surface area contributed by atoms with Gasteiger partial charge in [-0.3, -0.25) is 4.79 Å². The van der Waals surface area contributed by atoms with E-state index in [1.54, 1.807) is 19.9 Å². The van der Waals surface area contributed by atoms with Gasteiger partial charge in [0.2, 0.25) is 0 Å². The number of carboxylic acid groups (broad SMARTS) is 1. The number of nitrogen functional groups attached to an aromatic ring is 1. The molecular weight excluding hydrogens is 352 g/mol. The number of rotatable bonds is 10. The van der Waals surface area contributed by atoms with Crippen molar-refractivity contribution in [2.45, 2.75) is 32.1 Å². The zero-order valence-corrected chi connectivity index (χ0v) is 16.5. The lowest BCUT2D eigenvalue weighted by Gasteiger charge is -2.20. The van der Waals surface area contributed by atoms with Crippen molar-refractivity contribution in [3.63, 3.8) is 0 Å². The molecule has 0 aliphatic rings. The molecule has 0 saturated carbocycles. The van der Waals surface area contributed by atoms with Crippen LogP contribution >= 0.6 is 0 Å². The Balaban J connectivity index is 1.72. The lowest BCUT2D eigenvalue weighted by atomic mass is 9.84. The van der Waals surface area contributed by atoms with Crippen LogP contribution in [-0.2, 0) is 16.6 Å². The number of benzene rings is 2. The molecule has 0 atom stereocenters. The number of hydrogen-bond donors (Lipinski definition) is 4. The van der Waals surface area contributed by atoms with Crippen LogP contribution in [0.15, 0.2) is 42.5 Å². The van der Waals surface area contributed by atoms with Gasteiger partial charge in [0, 0.05) is 6.54 Å². The molecule has 2 aromatic rings. The number of para-hydroxylation sites is 1. The Morgan fingerprint density at radius 2 is 1.93 bits per heavy atom. The summed E-state index contributed by atoms with van der Waals surface area (Å²) in [5, 5.41) is 25.0. The van der Waals surface area contributed by atoms with E-state index in [2.05, 4.69) is 16.7 Å². The van der Waals surface area contributed by atoms with Crippen LogP contribution in [0, 0.1) is 11.3 Å². The van der Waals surface area contributed by atoms with Crippen LogP contribution in [-0.4, -0.2) is 30.7 Å². The Morgan fingerprint density at radius 1 is 1.18 bits per heavy atom. The SMILES string of the molecule is CC(C)(C(=O)O)c1cccc(CCNCCCNc2cccc(C#N)c2N)c1. The van der Waals surface area contributed by atoms with Gasteiger partial charge in [0.25, 0.3) is 0 Å². The van der Waals surface area contributed by atoms with Gasteiger partial charge < -0.3 is 21.5 Å². The highest BCUT2D eigenvalue weighted by Gasteiger charge is 2.29. The van der Waals surface area contributed by atoms with Crippen molar-refractivity contribution >= 4 is 17.3 Å². The van der Waals surface area contributed by atoms with Gasteiger partial charge in [-0.1, -0.05) is 30.3 Å². The smallest absolute Gasteiger partial charge is 0.313 e. The predicted molar refractivity (Wildman–Crippen MR) is 112 cm³/mol. The maximum Gasteiger partial charge on any atom is 0.313 e. The maximum absolute atomic E-state index is 11.4. The molecule has 0 saturated heterocycles. The fourth-order valence-electron chi connectivity index (χ4n) is 2.85. The lowest BCUT2D eigenvalue weighted by Crippen LogP contribution is -2.28. The molecule has 2 rings (SSSR count). The summed E-state index contributed by atoms with van der Waals surface area (Å²) in [6.45, 7) is 5.88. The average Bonchev–Trinajstić information content (AvgIpc) is 2.68. The van der Waals surface area contributed by atoms with Crippen molar-refractivity contribution in [3.8, 4) is 6.07 Å². The molecule has 28 heavy (non-hydrogen) atoms. The van der Waals surface area contributed by atoms with Gasteiger partial charge in [0.1, 0.15) is 6.07 Å². The second-order valence-electron chi connectivity index (χ2n) is 7.29. The number of carbonyl (C=O) groups is 1. The minimum Gasteiger partial charge on any atom is -0.481 e. The van der Waals surface area contributed by atoms with E-state index in [9.17, 15) is 9.90 Å². The Labute approximate surface area is 166 Å². The van der Waals surface area contributed by atoms with Gasteiger partial charge in [0.15, 0.2) is 0 Å². The number of nitrogens with zero attached hydrogens (tertiary/aromatic N) is 1. The van der Waals surface area contributed by atoms with E-state index >= 15 is 0 Å².